The molecule has 2 unspecified atom stereocenters. The van der Waals surface area contributed by atoms with Gasteiger partial charge in [-0.25, -0.2) is 14.6 Å². The summed E-state index contributed by atoms with van der Waals surface area (Å²) in [7, 11) is 0. The maximum atomic E-state index is 11.9. The molecule has 1 aliphatic rings. The standard InChI is InChI=1S/C15H23N3O4S/c1-6-10-9(17-14(21)22-15(3,4)5)7-18(10)13-16-8(2)11(23-13)12(19)20/h9-10H,6-7H2,1-5H3,(H,17,21)(H,19,20). The summed E-state index contributed by atoms with van der Waals surface area (Å²) < 4.78 is 5.27. The third kappa shape index (κ3) is 3.93. The fourth-order valence-electron chi connectivity index (χ4n) is 2.58. The number of aryl methyl sites for hydroxylation is 1. The normalized spacial score (nSPS) is 20.8. The molecule has 1 saturated heterocycles. The van der Waals surface area contributed by atoms with Crippen molar-refractivity contribution in [3.8, 4) is 0 Å². The minimum atomic E-state index is -0.955. The number of nitrogens with zero attached hydrogens (tertiary/aromatic N) is 2. The lowest BCUT2D eigenvalue weighted by Gasteiger charge is -2.47. The van der Waals surface area contributed by atoms with Crippen LogP contribution in [0.1, 0.15) is 49.5 Å². The van der Waals surface area contributed by atoms with Crippen molar-refractivity contribution in [2.24, 2.45) is 0 Å². The van der Waals surface area contributed by atoms with Crippen molar-refractivity contribution in [1.82, 2.24) is 10.3 Å². The molecule has 23 heavy (non-hydrogen) atoms. The van der Waals surface area contributed by atoms with Crippen LogP contribution in [0.3, 0.4) is 0 Å². The minimum Gasteiger partial charge on any atom is -0.477 e. The monoisotopic (exact) mass is 341 g/mol. The molecule has 1 aliphatic heterocycles. The number of nitrogens with one attached hydrogen (secondary N) is 1. The fraction of sp³-hybridized carbons (Fsp3) is 0.667. The number of hydrogen-bond acceptors (Lipinski definition) is 6. The number of thiazole rings is 1. The van der Waals surface area contributed by atoms with E-state index in [9.17, 15) is 9.59 Å². The van der Waals surface area contributed by atoms with Crippen LogP contribution in [0.4, 0.5) is 9.93 Å². The highest BCUT2D eigenvalue weighted by atomic mass is 32.1. The first-order valence-electron chi connectivity index (χ1n) is 7.59. The van der Waals surface area contributed by atoms with Gasteiger partial charge in [0.1, 0.15) is 10.5 Å². The van der Waals surface area contributed by atoms with Crippen LogP contribution in [0, 0.1) is 6.92 Å². The highest BCUT2D eigenvalue weighted by Gasteiger charge is 2.41. The molecule has 0 bridgehead atoms. The van der Waals surface area contributed by atoms with E-state index in [1.165, 1.54) is 11.3 Å². The summed E-state index contributed by atoms with van der Waals surface area (Å²) in [6.45, 7) is 9.79. The van der Waals surface area contributed by atoms with E-state index in [4.69, 9.17) is 9.84 Å². The molecule has 0 aliphatic carbocycles. The van der Waals surface area contributed by atoms with E-state index in [1.807, 2.05) is 32.6 Å². The quantitative estimate of drug-likeness (QED) is 0.875. The molecule has 8 heteroatoms. The maximum absolute atomic E-state index is 11.9. The van der Waals surface area contributed by atoms with E-state index in [0.29, 0.717) is 17.4 Å². The molecule has 128 valence electrons. The summed E-state index contributed by atoms with van der Waals surface area (Å²) in [5, 5.41) is 12.7. The van der Waals surface area contributed by atoms with Gasteiger partial charge >= 0.3 is 12.1 Å². The molecule has 1 fully saturated rings. The van der Waals surface area contributed by atoms with Crippen LogP contribution in [-0.4, -0.2) is 46.4 Å². The van der Waals surface area contributed by atoms with Crippen molar-refractivity contribution in [1.29, 1.82) is 0 Å². The Balaban J connectivity index is 2.01. The van der Waals surface area contributed by atoms with E-state index in [1.54, 1.807) is 6.92 Å². The Labute approximate surface area is 139 Å². The number of carboxylic acids is 1. The van der Waals surface area contributed by atoms with Crippen LogP contribution < -0.4 is 10.2 Å². The van der Waals surface area contributed by atoms with Gasteiger partial charge in [0, 0.05) is 6.54 Å². The van der Waals surface area contributed by atoms with Gasteiger partial charge in [0.25, 0.3) is 0 Å². The summed E-state index contributed by atoms with van der Waals surface area (Å²) in [5.74, 6) is -0.955. The highest BCUT2D eigenvalue weighted by Crippen LogP contribution is 2.34. The molecule has 0 radical (unpaired) electrons. The molecule has 2 heterocycles. The molecule has 7 nitrogen and oxygen atoms in total. The summed E-state index contributed by atoms with van der Waals surface area (Å²) in [4.78, 5) is 29.6. The second kappa shape index (κ2) is 6.35. The molecule has 0 saturated carbocycles. The van der Waals surface area contributed by atoms with E-state index in [-0.39, 0.29) is 17.0 Å². The van der Waals surface area contributed by atoms with Gasteiger partial charge in [-0.15, -0.1) is 0 Å². The molecule has 2 atom stereocenters. The molecule has 1 aromatic heterocycles. The molecular formula is C15H23N3O4S. The number of anilines is 1. The first-order chi connectivity index (χ1) is 10.6. The second-order valence-electron chi connectivity index (χ2n) is 6.60. The first kappa shape index (κ1) is 17.5. The van der Waals surface area contributed by atoms with Gasteiger partial charge in [0.05, 0.1) is 17.8 Å². The fourth-order valence-corrected chi connectivity index (χ4v) is 3.55. The molecular weight excluding hydrogens is 318 g/mol. The number of hydrogen-bond donors (Lipinski definition) is 2. The van der Waals surface area contributed by atoms with Gasteiger partial charge in [-0.1, -0.05) is 18.3 Å². The summed E-state index contributed by atoms with van der Waals surface area (Å²) in [5.41, 5.74) is -0.00574. The third-order valence-corrected chi connectivity index (χ3v) is 4.79. The number of amides is 1. The third-order valence-electron chi connectivity index (χ3n) is 3.60. The van der Waals surface area contributed by atoms with Crippen molar-refractivity contribution >= 4 is 28.5 Å². The number of rotatable bonds is 4. The number of ether oxygens (including phenoxy) is 1. The zero-order chi connectivity index (χ0) is 17.4. The average Bonchev–Trinajstić information content (AvgIpc) is 2.74. The SMILES string of the molecule is CCC1C(NC(=O)OC(C)(C)C)CN1c1nc(C)c(C(=O)O)s1. The van der Waals surface area contributed by atoms with Gasteiger partial charge in [-0.2, -0.15) is 0 Å². The molecule has 1 aromatic rings. The van der Waals surface area contributed by atoms with Gasteiger partial charge < -0.3 is 20.1 Å². The number of carbonyl (C=O) groups is 2. The Morgan fingerprint density at radius 2 is 2.13 bits per heavy atom. The van der Waals surface area contributed by atoms with Crippen LogP contribution in [0.15, 0.2) is 0 Å². The smallest absolute Gasteiger partial charge is 0.408 e. The average molecular weight is 341 g/mol. The van der Waals surface area contributed by atoms with E-state index in [0.717, 1.165) is 6.42 Å². The van der Waals surface area contributed by atoms with Gasteiger partial charge in [0.15, 0.2) is 5.13 Å². The van der Waals surface area contributed by atoms with E-state index in [2.05, 4.69) is 10.3 Å². The van der Waals surface area contributed by atoms with Crippen LogP contribution in [0.2, 0.25) is 0 Å². The first-order valence-corrected chi connectivity index (χ1v) is 8.41. The summed E-state index contributed by atoms with van der Waals surface area (Å²) in [6, 6.07) is 0.0713. The van der Waals surface area contributed by atoms with Crippen LogP contribution in [-0.2, 0) is 4.74 Å². The van der Waals surface area contributed by atoms with Crippen LogP contribution >= 0.6 is 11.3 Å². The number of carboxylic acid groups (broad SMARTS) is 1. The van der Waals surface area contributed by atoms with Crippen molar-refractivity contribution in [2.75, 3.05) is 11.4 Å². The van der Waals surface area contributed by atoms with E-state index >= 15 is 0 Å². The highest BCUT2D eigenvalue weighted by molar-refractivity contribution is 7.17. The molecule has 0 spiro atoms. The Bertz CT molecular complexity index is 608. The van der Waals surface area contributed by atoms with Crippen molar-refractivity contribution < 1.29 is 19.4 Å². The number of alkyl carbamates (subject to hydrolysis) is 1. The zero-order valence-corrected chi connectivity index (χ0v) is 14.9. The maximum Gasteiger partial charge on any atom is 0.408 e. The Kier molecular flexibility index (Phi) is 4.84. The zero-order valence-electron chi connectivity index (χ0n) is 14.0. The molecule has 2 N–H and O–H groups in total. The van der Waals surface area contributed by atoms with Crippen LogP contribution in [0.5, 0.6) is 0 Å². The van der Waals surface area contributed by atoms with Crippen LogP contribution in [0.25, 0.3) is 0 Å². The molecule has 1 amide bonds. The Hall–Kier alpha value is -1.83. The van der Waals surface area contributed by atoms with Crippen molar-refractivity contribution in [3.63, 3.8) is 0 Å². The molecule has 2 rings (SSSR count). The Morgan fingerprint density at radius 3 is 2.61 bits per heavy atom. The number of carbonyl (C=O) groups excluding carboxylic acids is 1. The van der Waals surface area contributed by atoms with Crippen molar-refractivity contribution in [2.45, 2.75) is 58.7 Å². The predicted octanol–water partition coefficient (Wildman–Crippen LogP) is 2.64. The van der Waals surface area contributed by atoms with Gasteiger partial charge in [-0.3, -0.25) is 0 Å². The van der Waals surface area contributed by atoms with E-state index < -0.39 is 17.7 Å². The summed E-state index contributed by atoms with van der Waals surface area (Å²) in [6.07, 6.45) is 0.392. The Morgan fingerprint density at radius 1 is 1.48 bits per heavy atom. The lowest BCUT2D eigenvalue weighted by atomic mass is 9.95. The number of aromatic carboxylic acids is 1. The van der Waals surface area contributed by atoms with Gasteiger partial charge in [-0.05, 0) is 34.1 Å². The topological polar surface area (TPSA) is 91.8 Å². The molecule has 0 aromatic carbocycles. The minimum absolute atomic E-state index is 0.0210. The lowest BCUT2D eigenvalue weighted by Crippen LogP contribution is -2.67. The predicted molar refractivity (Wildman–Crippen MR) is 88.4 cm³/mol. The van der Waals surface area contributed by atoms with Gasteiger partial charge in [0.2, 0.25) is 0 Å². The summed E-state index contributed by atoms with van der Waals surface area (Å²) >= 11 is 1.17. The van der Waals surface area contributed by atoms with Crippen molar-refractivity contribution in [3.05, 3.63) is 10.6 Å². The lowest BCUT2D eigenvalue weighted by molar-refractivity contribution is 0.0477. The second-order valence-corrected chi connectivity index (χ2v) is 7.57. The number of aromatic nitrogens is 1. The largest absolute Gasteiger partial charge is 0.477 e.